The van der Waals surface area contributed by atoms with Crippen LogP contribution in [-0.4, -0.2) is 16.7 Å². The molecule has 0 saturated heterocycles. The molecule has 3 nitrogen and oxygen atoms in total. The van der Waals surface area contributed by atoms with Gasteiger partial charge >= 0.3 is 5.97 Å². The Morgan fingerprint density at radius 1 is 1.05 bits per heavy atom. The second-order valence-corrected chi connectivity index (χ2v) is 5.28. The number of aliphatic carboxylic acids is 1. The van der Waals surface area contributed by atoms with E-state index in [0.717, 1.165) is 11.1 Å². The third-order valence-electron chi connectivity index (χ3n) is 3.13. The Morgan fingerprint density at radius 3 is 2.25 bits per heavy atom. The first-order chi connectivity index (χ1) is 9.40. The smallest absolute Gasteiger partial charge is 0.347 e. The summed E-state index contributed by atoms with van der Waals surface area (Å²) in [6, 6.07) is 15.5. The standard InChI is InChI=1S/C17H18O3/c1-12-8-10-13(11-9-12)14-6-4-5-7-15(14)20-17(2,3)16(18)19/h4-11H,1-3H3,(H,18,19). The first-order valence-corrected chi connectivity index (χ1v) is 6.48. The summed E-state index contributed by atoms with van der Waals surface area (Å²) in [5.41, 5.74) is 1.81. The molecule has 0 aromatic heterocycles. The molecule has 0 unspecified atom stereocenters. The second-order valence-electron chi connectivity index (χ2n) is 5.28. The molecule has 1 N–H and O–H groups in total. The van der Waals surface area contributed by atoms with Crippen LogP contribution in [0.25, 0.3) is 11.1 Å². The fourth-order valence-electron chi connectivity index (χ4n) is 1.85. The largest absolute Gasteiger partial charge is 0.478 e. The number of aryl methyl sites for hydroxylation is 1. The summed E-state index contributed by atoms with van der Waals surface area (Å²) in [6.45, 7) is 5.11. The summed E-state index contributed by atoms with van der Waals surface area (Å²) < 4.78 is 5.68. The summed E-state index contributed by atoms with van der Waals surface area (Å²) in [5, 5.41) is 9.18. The number of hydrogen-bond donors (Lipinski definition) is 1. The van der Waals surface area contributed by atoms with Gasteiger partial charge in [-0.25, -0.2) is 4.79 Å². The van der Waals surface area contributed by atoms with Crippen molar-refractivity contribution in [1.82, 2.24) is 0 Å². The molecule has 2 aromatic carbocycles. The maximum atomic E-state index is 11.2. The highest BCUT2D eigenvalue weighted by Gasteiger charge is 2.30. The van der Waals surface area contributed by atoms with E-state index in [0.29, 0.717) is 5.75 Å². The van der Waals surface area contributed by atoms with E-state index in [1.807, 2.05) is 49.4 Å². The fraction of sp³-hybridized carbons (Fsp3) is 0.235. The molecule has 104 valence electrons. The van der Waals surface area contributed by atoms with E-state index in [-0.39, 0.29) is 0 Å². The molecule has 0 amide bonds. The Morgan fingerprint density at radius 2 is 1.65 bits per heavy atom. The van der Waals surface area contributed by atoms with Gasteiger partial charge in [0, 0.05) is 5.56 Å². The quantitative estimate of drug-likeness (QED) is 0.916. The predicted molar refractivity (Wildman–Crippen MR) is 79.0 cm³/mol. The lowest BCUT2D eigenvalue weighted by Crippen LogP contribution is -2.38. The van der Waals surface area contributed by atoms with Crippen molar-refractivity contribution in [2.45, 2.75) is 26.4 Å². The maximum absolute atomic E-state index is 11.2. The lowest BCUT2D eigenvalue weighted by molar-refractivity contribution is -0.152. The molecule has 0 heterocycles. The Kier molecular flexibility index (Phi) is 3.79. The van der Waals surface area contributed by atoms with E-state index >= 15 is 0 Å². The minimum Gasteiger partial charge on any atom is -0.478 e. The van der Waals surface area contributed by atoms with E-state index in [1.165, 1.54) is 5.56 Å². The zero-order chi connectivity index (χ0) is 14.8. The molecule has 0 bridgehead atoms. The Balaban J connectivity index is 2.41. The number of carboxylic acids is 1. The topological polar surface area (TPSA) is 46.5 Å². The van der Waals surface area contributed by atoms with Gasteiger partial charge in [0.15, 0.2) is 5.60 Å². The van der Waals surface area contributed by atoms with Crippen molar-refractivity contribution < 1.29 is 14.6 Å². The molecule has 2 rings (SSSR count). The minimum absolute atomic E-state index is 0.573. The van der Waals surface area contributed by atoms with E-state index in [9.17, 15) is 9.90 Å². The number of carbonyl (C=O) groups is 1. The molecule has 0 atom stereocenters. The Bertz CT molecular complexity index is 612. The number of ether oxygens (including phenoxy) is 1. The SMILES string of the molecule is Cc1ccc(-c2ccccc2OC(C)(C)C(=O)O)cc1. The lowest BCUT2D eigenvalue weighted by atomic mass is 10.0. The van der Waals surface area contributed by atoms with Crippen LogP contribution in [-0.2, 0) is 4.79 Å². The summed E-state index contributed by atoms with van der Waals surface area (Å²) in [5.74, 6) is -0.417. The van der Waals surface area contributed by atoms with Crippen molar-refractivity contribution >= 4 is 5.97 Å². The number of rotatable bonds is 4. The third-order valence-corrected chi connectivity index (χ3v) is 3.13. The molecular formula is C17H18O3. The van der Waals surface area contributed by atoms with Crippen LogP contribution in [0.2, 0.25) is 0 Å². The van der Waals surface area contributed by atoms with Crippen molar-refractivity contribution in [3.63, 3.8) is 0 Å². The average molecular weight is 270 g/mol. The van der Waals surface area contributed by atoms with Gasteiger partial charge in [-0.05, 0) is 32.4 Å². The van der Waals surface area contributed by atoms with E-state index in [1.54, 1.807) is 19.9 Å². The van der Waals surface area contributed by atoms with Crippen LogP contribution >= 0.6 is 0 Å². The molecule has 0 radical (unpaired) electrons. The van der Waals surface area contributed by atoms with E-state index in [2.05, 4.69) is 0 Å². The van der Waals surface area contributed by atoms with Crippen molar-refractivity contribution in [3.8, 4) is 16.9 Å². The molecule has 0 aliphatic carbocycles. The normalized spacial score (nSPS) is 11.2. The van der Waals surface area contributed by atoms with Crippen molar-refractivity contribution in [2.24, 2.45) is 0 Å². The van der Waals surface area contributed by atoms with Gasteiger partial charge in [0.05, 0.1) is 0 Å². The lowest BCUT2D eigenvalue weighted by Gasteiger charge is -2.23. The van der Waals surface area contributed by atoms with Gasteiger partial charge in [0.1, 0.15) is 5.75 Å². The van der Waals surface area contributed by atoms with Crippen molar-refractivity contribution in [2.75, 3.05) is 0 Å². The van der Waals surface area contributed by atoms with Crippen molar-refractivity contribution in [1.29, 1.82) is 0 Å². The minimum atomic E-state index is -1.26. The van der Waals surface area contributed by atoms with Gasteiger partial charge in [-0.2, -0.15) is 0 Å². The molecule has 0 aliphatic rings. The van der Waals surface area contributed by atoms with Gasteiger partial charge in [-0.15, -0.1) is 0 Å². The van der Waals surface area contributed by atoms with Crippen LogP contribution in [0.15, 0.2) is 48.5 Å². The summed E-state index contributed by atoms with van der Waals surface area (Å²) in [7, 11) is 0. The van der Waals surface area contributed by atoms with Gasteiger partial charge in [-0.1, -0.05) is 48.0 Å². The van der Waals surface area contributed by atoms with Gasteiger partial charge < -0.3 is 9.84 Å². The summed E-state index contributed by atoms with van der Waals surface area (Å²) in [6.07, 6.45) is 0. The average Bonchev–Trinajstić information content (AvgIpc) is 2.40. The van der Waals surface area contributed by atoms with E-state index < -0.39 is 11.6 Å². The number of hydrogen-bond acceptors (Lipinski definition) is 2. The first kappa shape index (κ1) is 14.1. The van der Waals surface area contributed by atoms with Crippen LogP contribution in [0.5, 0.6) is 5.75 Å². The van der Waals surface area contributed by atoms with Crippen molar-refractivity contribution in [3.05, 3.63) is 54.1 Å². The molecule has 0 aliphatic heterocycles. The highest BCUT2D eigenvalue weighted by Crippen LogP contribution is 2.32. The van der Waals surface area contributed by atoms with Crippen LogP contribution in [0.4, 0.5) is 0 Å². The number of carboxylic acid groups (broad SMARTS) is 1. The van der Waals surface area contributed by atoms with Crippen LogP contribution in [0.1, 0.15) is 19.4 Å². The molecule has 20 heavy (non-hydrogen) atoms. The van der Waals surface area contributed by atoms with Gasteiger partial charge in [0.2, 0.25) is 0 Å². The van der Waals surface area contributed by atoms with Crippen LogP contribution in [0.3, 0.4) is 0 Å². The molecule has 2 aromatic rings. The van der Waals surface area contributed by atoms with Gasteiger partial charge in [-0.3, -0.25) is 0 Å². The zero-order valence-electron chi connectivity index (χ0n) is 11.9. The molecule has 0 fully saturated rings. The number of benzene rings is 2. The first-order valence-electron chi connectivity index (χ1n) is 6.48. The molecule has 0 spiro atoms. The predicted octanol–water partition coefficient (Wildman–Crippen LogP) is 3.90. The van der Waals surface area contributed by atoms with Crippen LogP contribution in [0, 0.1) is 6.92 Å². The monoisotopic (exact) mass is 270 g/mol. The number of para-hydroxylation sites is 1. The summed E-state index contributed by atoms with van der Waals surface area (Å²) in [4.78, 5) is 11.2. The zero-order valence-corrected chi connectivity index (χ0v) is 11.9. The Hall–Kier alpha value is -2.29. The second kappa shape index (κ2) is 5.37. The summed E-state index contributed by atoms with van der Waals surface area (Å²) >= 11 is 0. The van der Waals surface area contributed by atoms with E-state index in [4.69, 9.17) is 4.74 Å². The molecular weight excluding hydrogens is 252 g/mol. The highest BCUT2D eigenvalue weighted by atomic mass is 16.5. The molecule has 0 saturated carbocycles. The third kappa shape index (κ3) is 2.99. The fourth-order valence-corrected chi connectivity index (χ4v) is 1.85. The Labute approximate surface area is 118 Å². The maximum Gasteiger partial charge on any atom is 0.347 e. The molecule has 3 heteroatoms. The van der Waals surface area contributed by atoms with Crippen LogP contribution < -0.4 is 4.74 Å². The highest BCUT2D eigenvalue weighted by molar-refractivity contribution is 5.78. The van der Waals surface area contributed by atoms with Gasteiger partial charge in [0.25, 0.3) is 0 Å².